The number of hydrogen-bond acceptors (Lipinski definition) is 3. The monoisotopic (exact) mass is 167 g/mol. The van der Waals surface area contributed by atoms with Crippen molar-refractivity contribution in [2.24, 2.45) is 0 Å². The zero-order valence-corrected chi connectivity index (χ0v) is 6.47. The maximum absolute atomic E-state index is 10.1. The molecule has 4 heteroatoms. The van der Waals surface area contributed by atoms with E-state index >= 15 is 0 Å². The van der Waals surface area contributed by atoms with Gasteiger partial charge in [-0.25, -0.2) is 0 Å². The van der Waals surface area contributed by atoms with Gasteiger partial charge in [-0.2, -0.15) is 0 Å². The number of fused-ring (bicyclic) bond motifs is 1. The summed E-state index contributed by atoms with van der Waals surface area (Å²) in [4.78, 5) is 9.76. The lowest BCUT2D eigenvalue weighted by molar-refractivity contribution is -0.479. The van der Waals surface area contributed by atoms with E-state index in [4.69, 9.17) is 4.74 Å². The van der Waals surface area contributed by atoms with Crippen molar-refractivity contribution in [3.05, 3.63) is 33.9 Å². The predicted octanol–water partition coefficient (Wildman–Crippen LogP) is 0.917. The lowest BCUT2D eigenvalue weighted by atomic mass is 10.0. The molecule has 1 heterocycles. The highest BCUT2D eigenvalue weighted by Gasteiger charge is 2.36. The normalized spacial score (nSPS) is 30.8. The Kier molecular flexibility index (Phi) is 1.69. The second-order valence-electron chi connectivity index (χ2n) is 2.97. The first-order valence-corrected chi connectivity index (χ1v) is 3.92. The van der Waals surface area contributed by atoms with Crippen molar-refractivity contribution in [1.29, 1.82) is 0 Å². The van der Waals surface area contributed by atoms with Gasteiger partial charge in [-0.05, 0) is 11.6 Å². The highest BCUT2D eigenvalue weighted by Crippen LogP contribution is 2.30. The summed E-state index contributed by atoms with van der Waals surface area (Å²) in [6, 6.07) is 0. The molecule has 1 aliphatic heterocycles. The number of epoxide rings is 1. The topological polar surface area (TPSA) is 55.7 Å². The molecule has 0 bridgehead atoms. The summed E-state index contributed by atoms with van der Waals surface area (Å²) in [5, 5.41) is 10.1. The number of rotatable bonds is 3. The van der Waals surface area contributed by atoms with Crippen LogP contribution in [0.4, 0.5) is 0 Å². The lowest BCUT2D eigenvalue weighted by Crippen LogP contribution is -2.03. The Morgan fingerprint density at radius 3 is 3.08 bits per heavy atom. The van der Waals surface area contributed by atoms with Crippen LogP contribution in [-0.2, 0) is 4.74 Å². The first kappa shape index (κ1) is 7.49. The van der Waals surface area contributed by atoms with Crippen LogP contribution >= 0.6 is 0 Å². The van der Waals surface area contributed by atoms with Crippen molar-refractivity contribution >= 4 is 0 Å². The van der Waals surface area contributed by atoms with Gasteiger partial charge in [-0.3, -0.25) is 10.1 Å². The van der Waals surface area contributed by atoms with Gasteiger partial charge in [-0.15, -0.1) is 0 Å². The van der Waals surface area contributed by atoms with Gasteiger partial charge >= 0.3 is 0 Å². The summed E-state index contributed by atoms with van der Waals surface area (Å²) in [5.74, 6) is 0. The first-order valence-electron chi connectivity index (χ1n) is 3.92. The molecule has 0 aromatic carbocycles. The Morgan fingerprint density at radius 1 is 1.58 bits per heavy atom. The molecule has 1 saturated heterocycles. The maximum Gasteiger partial charge on any atom is 0.207 e. The van der Waals surface area contributed by atoms with Crippen molar-refractivity contribution < 1.29 is 9.66 Å². The molecule has 0 radical (unpaired) electrons. The van der Waals surface area contributed by atoms with Gasteiger partial charge in [0.1, 0.15) is 12.2 Å². The third kappa shape index (κ3) is 1.53. The van der Waals surface area contributed by atoms with Crippen LogP contribution < -0.4 is 0 Å². The molecule has 0 aromatic rings. The van der Waals surface area contributed by atoms with E-state index in [-0.39, 0.29) is 23.7 Å². The van der Waals surface area contributed by atoms with Crippen LogP contribution in [0.5, 0.6) is 0 Å². The standard InChI is InChI=1S/C8H9NO3/c10-9(11)4-3-6-1-2-7-8(5-6)12-7/h1-2,5,7-8H,3-4H2. The number of hydrogen-bond donors (Lipinski definition) is 0. The van der Waals surface area contributed by atoms with E-state index in [9.17, 15) is 10.1 Å². The Hall–Kier alpha value is -1.16. The fraction of sp³-hybridized carbons (Fsp3) is 0.500. The van der Waals surface area contributed by atoms with Gasteiger partial charge in [0.25, 0.3) is 0 Å². The van der Waals surface area contributed by atoms with E-state index in [2.05, 4.69) is 0 Å². The van der Waals surface area contributed by atoms with Crippen molar-refractivity contribution in [2.45, 2.75) is 18.6 Å². The van der Waals surface area contributed by atoms with Crippen molar-refractivity contribution in [2.75, 3.05) is 6.54 Å². The fourth-order valence-corrected chi connectivity index (χ4v) is 1.30. The molecule has 0 saturated carbocycles. The number of nitro groups is 1. The van der Waals surface area contributed by atoms with Gasteiger partial charge in [0.15, 0.2) is 0 Å². The molecule has 2 unspecified atom stereocenters. The largest absolute Gasteiger partial charge is 0.361 e. The van der Waals surface area contributed by atoms with Gasteiger partial charge in [-0.1, -0.05) is 12.2 Å². The van der Waals surface area contributed by atoms with E-state index < -0.39 is 0 Å². The molecule has 2 atom stereocenters. The molecule has 0 amide bonds. The summed E-state index contributed by atoms with van der Waals surface area (Å²) in [6.45, 7) is 0.00750. The molecule has 0 aromatic heterocycles. The van der Waals surface area contributed by atoms with Crippen LogP contribution in [-0.4, -0.2) is 23.7 Å². The molecular weight excluding hydrogens is 158 g/mol. The van der Waals surface area contributed by atoms with E-state index in [1.165, 1.54) is 0 Å². The molecule has 64 valence electrons. The Balaban J connectivity index is 1.88. The molecule has 4 nitrogen and oxygen atoms in total. The minimum Gasteiger partial charge on any atom is -0.361 e. The van der Waals surface area contributed by atoms with E-state index in [0.29, 0.717) is 6.42 Å². The van der Waals surface area contributed by atoms with E-state index in [1.54, 1.807) is 0 Å². The molecule has 0 spiro atoms. The van der Waals surface area contributed by atoms with Gasteiger partial charge < -0.3 is 4.74 Å². The highest BCUT2D eigenvalue weighted by atomic mass is 16.6. The predicted molar refractivity (Wildman–Crippen MR) is 42.4 cm³/mol. The average Bonchev–Trinajstić information content (AvgIpc) is 2.78. The smallest absolute Gasteiger partial charge is 0.207 e. The van der Waals surface area contributed by atoms with Crippen LogP contribution in [0.25, 0.3) is 0 Å². The van der Waals surface area contributed by atoms with Gasteiger partial charge in [0, 0.05) is 11.3 Å². The van der Waals surface area contributed by atoms with Crippen LogP contribution in [0.1, 0.15) is 6.42 Å². The highest BCUT2D eigenvalue weighted by molar-refractivity contribution is 5.31. The summed E-state index contributed by atoms with van der Waals surface area (Å²) < 4.78 is 5.18. The summed E-state index contributed by atoms with van der Waals surface area (Å²) in [6.07, 6.45) is 6.81. The van der Waals surface area contributed by atoms with Crippen LogP contribution in [0.2, 0.25) is 0 Å². The summed E-state index contributed by atoms with van der Waals surface area (Å²) in [7, 11) is 0. The maximum atomic E-state index is 10.1. The second-order valence-corrected chi connectivity index (χ2v) is 2.97. The minimum atomic E-state index is -0.297. The Morgan fingerprint density at radius 2 is 2.42 bits per heavy atom. The third-order valence-corrected chi connectivity index (χ3v) is 2.02. The van der Waals surface area contributed by atoms with Gasteiger partial charge in [0.2, 0.25) is 6.54 Å². The van der Waals surface area contributed by atoms with E-state index in [0.717, 1.165) is 5.57 Å². The molecule has 2 rings (SSSR count). The Labute approximate surface area is 69.7 Å². The third-order valence-electron chi connectivity index (χ3n) is 2.02. The van der Waals surface area contributed by atoms with Crippen LogP contribution in [0.3, 0.4) is 0 Å². The molecule has 1 aliphatic carbocycles. The van der Waals surface area contributed by atoms with Gasteiger partial charge in [0.05, 0.1) is 0 Å². The molecule has 2 aliphatic rings. The first-order chi connectivity index (χ1) is 5.75. The quantitative estimate of drug-likeness (QED) is 0.356. The zero-order valence-electron chi connectivity index (χ0n) is 6.47. The van der Waals surface area contributed by atoms with Crippen molar-refractivity contribution in [3.8, 4) is 0 Å². The Bertz CT molecular complexity index is 269. The summed E-state index contributed by atoms with van der Waals surface area (Å²) >= 11 is 0. The molecule has 0 N–H and O–H groups in total. The van der Waals surface area contributed by atoms with Crippen molar-refractivity contribution in [1.82, 2.24) is 0 Å². The molecule has 12 heavy (non-hydrogen) atoms. The van der Waals surface area contributed by atoms with Crippen LogP contribution in [0.15, 0.2) is 23.8 Å². The SMILES string of the molecule is O=[N+]([O-])CCC1=CC2OC2C=C1. The minimum absolute atomic E-state index is 0.00750. The fourth-order valence-electron chi connectivity index (χ4n) is 1.30. The number of nitrogens with zero attached hydrogens (tertiary/aromatic N) is 1. The molecular formula is C8H9NO3. The zero-order chi connectivity index (χ0) is 8.55. The van der Waals surface area contributed by atoms with Crippen molar-refractivity contribution in [3.63, 3.8) is 0 Å². The molecule has 1 fully saturated rings. The number of ether oxygens (including phenoxy) is 1. The van der Waals surface area contributed by atoms with E-state index in [1.807, 2.05) is 18.2 Å². The second kappa shape index (κ2) is 2.71. The lowest BCUT2D eigenvalue weighted by Gasteiger charge is -1.99. The van der Waals surface area contributed by atoms with Crippen LogP contribution in [0, 0.1) is 10.1 Å². The summed E-state index contributed by atoms with van der Waals surface area (Å²) in [5.41, 5.74) is 1.02. The average molecular weight is 167 g/mol. The number of allylic oxidation sites excluding steroid dienone is 1.